The van der Waals surface area contributed by atoms with Crippen LogP contribution >= 0.6 is 0 Å². The molecule has 7 nitrogen and oxygen atoms in total. The number of aromatic nitrogens is 2. The quantitative estimate of drug-likeness (QED) is 0.780. The maximum absolute atomic E-state index is 12.8. The molecule has 3 heterocycles. The zero-order chi connectivity index (χ0) is 20.0. The molecule has 1 atom stereocenters. The predicted octanol–water partition coefficient (Wildman–Crippen LogP) is 2.92. The lowest BCUT2D eigenvalue weighted by Crippen LogP contribution is -2.45. The highest BCUT2D eigenvalue weighted by Gasteiger charge is 2.52. The second kappa shape index (κ2) is 7.13. The average molecular weight is 396 g/mol. The fraction of sp³-hybridized carbons (Fsp3) is 0.591. The van der Waals surface area contributed by atoms with Crippen LogP contribution in [0.4, 0.5) is 4.79 Å². The number of H-pyrrole nitrogens is 1. The molecule has 3 amide bonds. The van der Waals surface area contributed by atoms with Crippen LogP contribution in [-0.2, 0) is 4.79 Å². The number of carbonyl (C=O) groups excluding carboxylic acids is 2. The normalized spacial score (nSPS) is 24.7. The van der Waals surface area contributed by atoms with E-state index in [9.17, 15) is 9.59 Å². The van der Waals surface area contributed by atoms with E-state index in [4.69, 9.17) is 4.98 Å². The molecule has 7 heteroatoms. The molecule has 3 fully saturated rings. The van der Waals surface area contributed by atoms with Crippen molar-refractivity contribution in [3.63, 3.8) is 0 Å². The summed E-state index contributed by atoms with van der Waals surface area (Å²) < 4.78 is 0. The van der Waals surface area contributed by atoms with Gasteiger partial charge in [-0.2, -0.15) is 0 Å². The number of fused-ring (bicyclic) bond motifs is 1. The number of piperidine rings is 1. The lowest BCUT2D eigenvalue weighted by Gasteiger charge is -2.32. The summed E-state index contributed by atoms with van der Waals surface area (Å²) in [5.74, 6) is 1.40. The number of imide groups is 1. The third kappa shape index (κ3) is 3.31. The molecule has 2 aliphatic heterocycles. The first-order valence-electron chi connectivity index (χ1n) is 10.9. The molecule has 29 heavy (non-hydrogen) atoms. The topological polar surface area (TPSA) is 81.3 Å². The van der Waals surface area contributed by atoms with E-state index in [0.717, 1.165) is 75.0 Å². The van der Waals surface area contributed by atoms with Gasteiger partial charge in [0.15, 0.2) is 0 Å². The number of nitrogens with zero attached hydrogens (tertiary/aromatic N) is 3. The maximum Gasteiger partial charge on any atom is 0.325 e. The van der Waals surface area contributed by atoms with Gasteiger partial charge in [-0.1, -0.05) is 18.9 Å². The SMILES string of the molecule is Cc1ccc2nc([C@H]3CCCN(CCN4C(=O)NC5(CCCC5)C4=O)C3)[nH]c2c1. The van der Waals surface area contributed by atoms with Crippen molar-refractivity contribution in [2.24, 2.45) is 0 Å². The van der Waals surface area contributed by atoms with Crippen LogP contribution in [0.3, 0.4) is 0 Å². The van der Waals surface area contributed by atoms with Crippen molar-refractivity contribution in [1.29, 1.82) is 0 Å². The number of likely N-dealkylation sites (tertiary alicyclic amines) is 1. The number of benzene rings is 1. The summed E-state index contributed by atoms with van der Waals surface area (Å²) in [5.41, 5.74) is 2.74. The Morgan fingerprint density at radius 2 is 2.00 bits per heavy atom. The molecule has 1 aromatic heterocycles. The van der Waals surface area contributed by atoms with Gasteiger partial charge in [0.1, 0.15) is 11.4 Å². The van der Waals surface area contributed by atoms with Gasteiger partial charge in [0.05, 0.1) is 11.0 Å². The van der Waals surface area contributed by atoms with E-state index in [0.29, 0.717) is 12.5 Å². The van der Waals surface area contributed by atoms with Crippen molar-refractivity contribution < 1.29 is 9.59 Å². The number of nitrogens with one attached hydrogen (secondary N) is 2. The van der Waals surface area contributed by atoms with Crippen LogP contribution < -0.4 is 5.32 Å². The molecular weight excluding hydrogens is 366 g/mol. The predicted molar refractivity (Wildman–Crippen MR) is 111 cm³/mol. The van der Waals surface area contributed by atoms with Crippen molar-refractivity contribution in [3.8, 4) is 0 Å². The molecule has 154 valence electrons. The Balaban J connectivity index is 1.23. The first-order chi connectivity index (χ1) is 14.0. The molecule has 0 bridgehead atoms. The summed E-state index contributed by atoms with van der Waals surface area (Å²) in [6.45, 7) is 5.20. The van der Waals surface area contributed by atoms with Gasteiger partial charge in [-0.05, 0) is 56.8 Å². The molecule has 0 radical (unpaired) electrons. The Labute approximate surface area is 170 Å². The molecular formula is C22H29N5O2. The molecule has 1 saturated carbocycles. The van der Waals surface area contributed by atoms with E-state index in [1.54, 1.807) is 0 Å². The summed E-state index contributed by atoms with van der Waals surface area (Å²) >= 11 is 0. The summed E-state index contributed by atoms with van der Waals surface area (Å²) in [4.78, 5) is 37.4. The van der Waals surface area contributed by atoms with Gasteiger partial charge < -0.3 is 15.2 Å². The average Bonchev–Trinajstić information content (AvgIpc) is 3.40. The molecule has 2 aromatic rings. The number of imidazole rings is 1. The van der Waals surface area contributed by atoms with Gasteiger partial charge >= 0.3 is 6.03 Å². The van der Waals surface area contributed by atoms with Crippen LogP contribution in [-0.4, -0.2) is 63.4 Å². The minimum Gasteiger partial charge on any atom is -0.342 e. The van der Waals surface area contributed by atoms with Crippen LogP contribution in [0.1, 0.15) is 55.8 Å². The molecule has 1 spiro atoms. The molecule has 5 rings (SSSR count). The van der Waals surface area contributed by atoms with E-state index in [1.807, 2.05) is 0 Å². The fourth-order valence-corrected chi connectivity index (χ4v) is 5.26. The Hall–Kier alpha value is -2.41. The molecule has 1 aromatic carbocycles. The van der Waals surface area contributed by atoms with Gasteiger partial charge in [-0.3, -0.25) is 9.69 Å². The Bertz CT molecular complexity index is 946. The Morgan fingerprint density at radius 3 is 2.83 bits per heavy atom. The van der Waals surface area contributed by atoms with Gasteiger partial charge in [0.2, 0.25) is 0 Å². The summed E-state index contributed by atoms with van der Waals surface area (Å²) in [6.07, 6.45) is 5.82. The van der Waals surface area contributed by atoms with Gasteiger partial charge in [-0.25, -0.2) is 9.78 Å². The van der Waals surface area contributed by atoms with Gasteiger partial charge in [-0.15, -0.1) is 0 Å². The van der Waals surface area contributed by atoms with E-state index >= 15 is 0 Å². The number of aromatic amines is 1. The molecule has 2 N–H and O–H groups in total. The zero-order valence-electron chi connectivity index (χ0n) is 17.0. The fourth-order valence-electron chi connectivity index (χ4n) is 5.26. The summed E-state index contributed by atoms with van der Waals surface area (Å²) in [5, 5.41) is 2.97. The Morgan fingerprint density at radius 1 is 1.17 bits per heavy atom. The maximum atomic E-state index is 12.8. The van der Waals surface area contributed by atoms with Crippen molar-refractivity contribution >= 4 is 23.0 Å². The minimum atomic E-state index is -0.603. The highest BCUT2D eigenvalue weighted by atomic mass is 16.2. The number of carbonyl (C=O) groups is 2. The third-order valence-corrected chi connectivity index (χ3v) is 6.89. The van der Waals surface area contributed by atoms with Gasteiger partial charge in [0, 0.05) is 25.6 Å². The van der Waals surface area contributed by atoms with E-state index in [1.165, 1.54) is 10.5 Å². The largest absolute Gasteiger partial charge is 0.342 e. The number of urea groups is 1. The number of amides is 3. The smallest absolute Gasteiger partial charge is 0.325 e. The standard InChI is InChI=1S/C22H29N5O2/c1-15-6-7-17-18(13-15)24-19(23-17)16-5-4-10-26(14-16)11-12-27-20(28)22(25-21(27)29)8-2-3-9-22/h6-7,13,16H,2-5,8-12,14H2,1H3,(H,23,24)(H,25,29)/t16-/m0/s1. The third-order valence-electron chi connectivity index (χ3n) is 6.89. The minimum absolute atomic E-state index is 0.0128. The number of hydrogen-bond acceptors (Lipinski definition) is 4. The summed E-state index contributed by atoms with van der Waals surface area (Å²) in [7, 11) is 0. The highest BCUT2D eigenvalue weighted by molar-refractivity contribution is 6.07. The van der Waals surface area contributed by atoms with Crippen molar-refractivity contribution in [1.82, 2.24) is 25.1 Å². The second-order valence-electron chi connectivity index (χ2n) is 8.96. The van der Waals surface area contributed by atoms with Crippen molar-refractivity contribution in [2.45, 2.75) is 56.9 Å². The molecule has 3 aliphatic rings. The van der Waals surface area contributed by atoms with Crippen LogP contribution in [0.25, 0.3) is 11.0 Å². The molecule has 1 aliphatic carbocycles. The zero-order valence-corrected chi connectivity index (χ0v) is 17.0. The van der Waals surface area contributed by atoms with E-state index in [2.05, 4.69) is 40.3 Å². The monoisotopic (exact) mass is 395 g/mol. The lowest BCUT2D eigenvalue weighted by molar-refractivity contribution is -0.131. The summed E-state index contributed by atoms with van der Waals surface area (Å²) in [6, 6.07) is 6.10. The van der Waals surface area contributed by atoms with Crippen LogP contribution in [0, 0.1) is 6.92 Å². The van der Waals surface area contributed by atoms with E-state index < -0.39 is 5.54 Å². The highest BCUT2D eigenvalue weighted by Crippen LogP contribution is 2.35. The molecule has 2 saturated heterocycles. The van der Waals surface area contributed by atoms with Gasteiger partial charge in [0.25, 0.3) is 5.91 Å². The van der Waals surface area contributed by atoms with Crippen LogP contribution in [0.5, 0.6) is 0 Å². The van der Waals surface area contributed by atoms with Crippen LogP contribution in [0.15, 0.2) is 18.2 Å². The first kappa shape index (κ1) is 18.6. The number of aryl methyl sites for hydroxylation is 1. The Kier molecular flexibility index (Phi) is 4.57. The second-order valence-corrected chi connectivity index (χ2v) is 8.96. The van der Waals surface area contributed by atoms with E-state index in [-0.39, 0.29) is 11.9 Å². The van der Waals surface area contributed by atoms with Crippen molar-refractivity contribution in [2.75, 3.05) is 26.2 Å². The molecule has 0 unspecified atom stereocenters. The number of rotatable bonds is 4. The first-order valence-corrected chi connectivity index (χ1v) is 10.9. The lowest BCUT2D eigenvalue weighted by atomic mass is 9.97. The van der Waals surface area contributed by atoms with Crippen LogP contribution in [0.2, 0.25) is 0 Å². The van der Waals surface area contributed by atoms with Crippen molar-refractivity contribution in [3.05, 3.63) is 29.6 Å². The number of hydrogen-bond donors (Lipinski definition) is 2.